The van der Waals surface area contributed by atoms with E-state index < -0.39 is 0 Å². The van der Waals surface area contributed by atoms with E-state index in [1.165, 1.54) is 6.39 Å². The quantitative estimate of drug-likeness (QED) is 0.0809. The maximum Gasteiger partial charge on any atom is 0.244 e. The number of H-pyrrole nitrogens is 2. The second kappa shape index (κ2) is 52.8. The molecule has 14 rings (SSSR count). The zero-order valence-electron chi connectivity index (χ0n) is 68.1. The highest BCUT2D eigenvalue weighted by molar-refractivity contribution is 5.88. The molecule has 6 aromatic heterocycles. The number of benzene rings is 2. The lowest BCUT2D eigenvalue weighted by atomic mass is 9.86. The van der Waals surface area contributed by atoms with E-state index in [9.17, 15) is 28.8 Å². The number of amides is 6. The fourth-order valence-electron chi connectivity index (χ4n) is 16.2. The van der Waals surface area contributed by atoms with Crippen molar-refractivity contribution in [3.63, 3.8) is 0 Å². The van der Waals surface area contributed by atoms with Gasteiger partial charge < -0.3 is 42.8 Å². The standard InChI is InChI=1S/C18H23NO2.C17H22N2O2.3C13H21N3O.C13H20N2O2.7CH4/c1-13(2)14-7-9-19(10-8-14)18(20)11-15-12-21-17-6-4-3-5-16(15)17;1-12(2)13-7-9-19(10-8-13)17(20)11-15-14-5-3-4-6-16(14)21-18-15;1-10(2)11-4-7-16(8-5-11)13(17)9-12-3-6-14-15-12;1-11(2)12-4-8-15(9-5-12)13(17)10-16-7-3-6-14-16;1-10(2)12-3-5-16(6-4-12)13(17)7-11-8-14-15-9-11;1-10(2)11-3-5-15(6-4-11)13(16)7-12-8-17-9-14-12;;;;;;;/h3-6,12-14H,7-11H2,1-2H3;3-6,12-13H,7-11H2,1-2H3;3,6,10-11H,4-5,7-9H2,1-2H3,(H,14,15);3,6-7,11-12H,4-5,8-10H2,1-2H3;8-10,12H,3-7H2,1-2H3,(H,14,15);8-11H,3-7H2,1-2H3;7*1H4. The number of carbonyl (C=O) groups is 6. The third-order valence-corrected chi connectivity index (χ3v) is 24.2. The van der Waals surface area contributed by atoms with Gasteiger partial charge in [-0.2, -0.15) is 15.3 Å². The molecule has 12 heterocycles. The average Bonchev–Trinajstić information content (AvgIpc) is 1.69. The van der Waals surface area contributed by atoms with E-state index in [1.807, 2.05) is 96.3 Å². The van der Waals surface area contributed by atoms with Crippen LogP contribution >= 0.6 is 0 Å². The number of hydrogen-bond acceptors (Lipinski definition) is 14. The van der Waals surface area contributed by atoms with Crippen molar-refractivity contribution in [1.29, 1.82) is 0 Å². The molecule has 23 nitrogen and oxygen atoms in total. The Morgan fingerprint density at radius 2 is 0.812 bits per heavy atom. The van der Waals surface area contributed by atoms with Gasteiger partial charge in [0.05, 0.1) is 50.3 Å². The Morgan fingerprint density at radius 3 is 1.20 bits per heavy atom. The number of para-hydroxylation sites is 2. The predicted octanol–water partition coefficient (Wildman–Crippen LogP) is 19.2. The molecule has 0 unspecified atom stereocenters. The molecule has 0 aliphatic carbocycles. The molecule has 0 atom stereocenters. The first kappa shape index (κ1) is 104. The summed E-state index contributed by atoms with van der Waals surface area (Å²) in [6.45, 7) is 38.4. The summed E-state index contributed by atoms with van der Waals surface area (Å²) in [5.41, 5.74) is 5.96. The minimum Gasteiger partial charge on any atom is -0.464 e. The highest BCUT2D eigenvalue weighted by Crippen LogP contribution is 2.32. The molecule has 8 aromatic rings. The minimum atomic E-state index is 0. The molecule has 0 radical (unpaired) electrons. The van der Waals surface area contributed by atoms with Gasteiger partial charge >= 0.3 is 0 Å². The number of oxazole rings is 1. The second-order valence-electron chi connectivity index (χ2n) is 33.4. The molecule has 117 heavy (non-hydrogen) atoms. The maximum absolute atomic E-state index is 12.5. The van der Waals surface area contributed by atoms with Crippen LogP contribution in [0.4, 0.5) is 0 Å². The molecule has 6 aliphatic heterocycles. The summed E-state index contributed by atoms with van der Waals surface area (Å²) in [5, 5.41) is 23.4. The van der Waals surface area contributed by atoms with Gasteiger partial charge in [-0.25, -0.2) is 4.98 Å². The Morgan fingerprint density at radius 1 is 0.419 bits per heavy atom. The van der Waals surface area contributed by atoms with Crippen molar-refractivity contribution in [2.24, 2.45) is 71.0 Å². The van der Waals surface area contributed by atoms with Gasteiger partial charge in [-0.05, 0) is 184 Å². The van der Waals surface area contributed by atoms with E-state index in [-0.39, 0.29) is 87.4 Å². The van der Waals surface area contributed by atoms with Crippen LogP contribution in [0.2, 0.25) is 0 Å². The summed E-state index contributed by atoms with van der Waals surface area (Å²) in [4.78, 5) is 88.8. The molecular weight excluding hydrogens is 1470 g/mol. The molecule has 23 heteroatoms. The first-order valence-electron chi connectivity index (χ1n) is 41.2. The number of likely N-dealkylation sites (tertiary alicyclic amines) is 6. The van der Waals surface area contributed by atoms with Gasteiger partial charge in [0, 0.05) is 125 Å². The van der Waals surface area contributed by atoms with E-state index in [0.29, 0.717) is 44.6 Å². The molecule has 0 saturated carbocycles. The third kappa shape index (κ3) is 32.4. The summed E-state index contributed by atoms with van der Waals surface area (Å²) in [7, 11) is 0. The smallest absolute Gasteiger partial charge is 0.244 e. The lowest BCUT2D eigenvalue weighted by Crippen LogP contribution is -2.41. The van der Waals surface area contributed by atoms with E-state index in [0.717, 1.165) is 271 Å². The fourth-order valence-corrected chi connectivity index (χ4v) is 16.2. The van der Waals surface area contributed by atoms with Crippen LogP contribution in [0.15, 0.2) is 124 Å². The Hall–Kier alpha value is -8.89. The zero-order chi connectivity index (χ0) is 78.6. The van der Waals surface area contributed by atoms with Crippen LogP contribution in [0.25, 0.3) is 21.9 Å². The van der Waals surface area contributed by atoms with Crippen molar-refractivity contribution in [3.05, 3.63) is 139 Å². The number of aromatic amines is 2. The Labute approximate surface area is 704 Å². The van der Waals surface area contributed by atoms with E-state index in [1.54, 1.807) is 42.0 Å². The van der Waals surface area contributed by atoms with Crippen LogP contribution in [0.1, 0.15) is 240 Å². The van der Waals surface area contributed by atoms with Crippen LogP contribution in [-0.4, -0.2) is 184 Å². The van der Waals surface area contributed by atoms with Gasteiger partial charge in [0.2, 0.25) is 35.4 Å². The highest BCUT2D eigenvalue weighted by atomic mass is 16.5. The lowest BCUT2D eigenvalue weighted by Gasteiger charge is -2.33. The number of hydrogen-bond donors (Lipinski definition) is 2. The number of fused-ring (bicyclic) bond motifs is 2. The molecule has 0 bridgehead atoms. The number of nitrogens with zero attached hydrogens (tertiary/aromatic N) is 12. The Kier molecular flexibility index (Phi) is 47.0. The molecule has 6 amide bonds. The first-order chi connectivity index (χ1) is 53.0. The van der Waals surface area contributed by atoms with E-state index in [2.05, 4.69) is 119 Å². The van der Waals surface area contributed by atoms with Crippen molar-refractivity contribution < 1.29 is 42.1 Å². The predicted molar refractivity (Wildman–Crippen MR) is 477 cm³/mol. The second-order valence-corrected chi connectivity index (χ2v) is 33.4. The molecule has 656 valence electrons. The molecule has 2 N–H and O–H groups in total. The maximum atomic E-state index is 12.5. The molecule has 6 saturated heterocycles. The van der Waals surface area contributed by atoms with Crippen LogP contribution in [0.3, 0.4) is 0 Å². The van der Waals surface area contributed by atoms with Crippen LogP contribution in [0.5, 0.6) is 0 Å². The van der Waals surface area contributed by atoms with Gasteiger partial charge in [-0.1, -0.05) is 171 Å². The number of piperidine rings is 6. The number of nitrogens with one attached hydrogen (secondary N) is 2. The van der Waals surface area contributed by atoms with Gasteiger partial charge in [0.15, 0.2) is 12.0 Å². The topological polar surface area (TPSA) is 262 Å². The number of carbonyl (C=O) groups excluding carboxylic acids is 6. The van der Waals surface area contributed by atoms with Crippen molar-refractivity contribution in [3.8, 4) is 0 Å². The minimum absolute atomic E-state index is 0. The van der Waals surface area contributed by atoms with Crippen molar-refractivity contribution >= 4 is 57.4 Å². The summed E-state index contributed by atoms with van der Waals surface area (Å²) in [6.07, 6.45) is 29.1. The van der Waals surface area contributed by atoms with Crippen LogP contribution < -0.4 is 0 Å². The van der Waals surface area contributed by atoms with Crippen LogP contribution in [0, 0.1) is 71.0 Å². The van der Waals surface area contributed by atoms with Crippen molar-refractivity contribution in [2.45, 2.75) is 251 Å². The summed E-state index contributed by atoms with van der Waals surface area (Å²) in [6, 6.07) is 19.3. The van der Waals surface area contributed by atoms with Gasteiger partial charge in [-0.15, -0.1) is 0 Å². The summed E-state index contributed by atoms with van der Waals surface area (Å²) in [5.74, 6) is 10.2. The van der Waals surface area contributed by atoms with Gasteiger partial charge in [0.25, 0.3) is 0 Å². The van der Waals surface area contributed by atoms with Gasteiger partial charge in [-0.3, -0.25) is 43.6 Å². The zero-order valence-corrected chi connectivity index (χ0v) is 68.1. The number of aromatic nitrogens is 8. The number of rotatable bonds is 18. The molecule has 6 fully saturated rings. The first-order valence-corrected chi connectivity index (χ1v) is 41.2. The molecular formula is C94H156N14O9. The Bertz CT molecular complexity index is 3560. The highest BCUT2D eigenvalue weighted by Gasteiger charge is 2.31. The van der Waals surface area contributed by atoms with Gasteiger partial charge in [0.1, 0.15) is 24.1 Å². The molecule has 0 spiro atoms. The largest absolute Gasteiger partial charge is 0.464 e. The summed E-state index contributed by atoms with van der Waals surface area (Å²) >= 11 is 0. The number of furan rings is 1. The molecule has 2 aromatic carbocycles. The van der Waals surface area contributed by atoms with Crippen molar-refractivity contribution in [2.75, 3.05) is 78.5 Å². The normalized spacial score (nSPS) is 16.3. The van der Waals surface area contributed by atoms with E-state index >= 15 is 0 Å². The summed E-state index contributed by atoms with van der Waals surface area (Å²) < 4.78 is 17.3. The average molecular weight is 1630 g/mol. The monoisotopic (exact) mass is 1630 g/mol. The lowest BCUT2D eigenvalue weighted by molar-refractivity contribution is -0.134. The van der Waals surface area contributed by atoms with Crippen molar-refractivity contribution in [1.82, 2.24) is 69.7 Å². The third-order valence-electron chi connectivity index (χ3n) is 24.2. The van der Waals surface area contributed by atoms with Crippen LogP contribution in [-0.2, 0) is 67.4 Å². The van der Waals surface area contributed by atoms with E-state index in [4.69, 9.17) is 13.4 Å². The fraction of sp³-hybridized carbons (Fsp3) is 0.649. The molecule has 6 aliphatic rings. The SMILES string of the molecule is C.C.C.C.C.C.C.CC(C)C1CCN(C(=O)Cc2ccn[nH]2)CC1.CC(C)C1CCN(C(=O)Cc2cn[nH]c2)CC1.CC(C)C1CCN(C(=O)Cc2coc3ccccc23)CC1.CC(C)C1CCN(C(=O)Cc2cocn2)CC1.CC(C)C1CCN(C(=O)Cc2noc3ccccc23)CC1.CC(C)C1CCN(C(=O)Cn2cccn2)CC1. The Balaban J connectivity index is 0.000000472.